The van der Waals surface area contributed by atoms with Crippen molar-refractivity contribution in [2.75, 3.05) is 0 Å². The average Bonchev–Trinajstić information content (AvgIpc) is 2.87. The van der Waals surface area contributed by atoms with Crippen molar-refractivity contribution in [2.24, 2.45) is 0 Å². The van der Waals surface area contributed by atoms with Gasteiger partial charge in [-0.25, -0.2) is 0 Å². The highest BCUT2D eigenvalue weighted by molar-refractivity contribution is 5.15. The molecule has 116 valence electrons. The van der Waals surface area contributed by atoms with E-state index in [-0.39, 0.29) is 5.41 Å². The van der Waals surface area contributed by atoms with Gasteiger partial charge in [0.2, 0.25) is 0 Å². The Hall–Kier alpha value is -0.790. The highest BCUT2D eigenvalue weighted by Crippen LogP contribution is 2.35. The van der Waals surface area contributed by atoms with Crippen LogP contribution in [0.4, 0.5) is 0 Å². The largest absolute Gasteiger partial charge is 0.361 e. The topological polar surface area (TPSA) is 26.0 Å². The molecule has 0 saturated heterocycles. The van der Waals surface area contributed by atoms with Crippen molar-refractivity contribution < 1.29 is 4.52 Å². The fraction of sp³-hybridized carbons (Fsp3) is 0.833. The molecule has 1 aromatic rings. The van der Waals surface area contributed by atoms with Gasteiger partial charge in [-0.05, 0) is 19.8 Å². The number of hydrogen-bond donors (Lipinski definition) is 0. The molecule has 0 radical (unpaired) electrons. The zero-order valence-electron chi connectivity index (χ0n) is 14.0. The SMILES string of the molecule is CCCCCCC(C)(CCCCCC)c1cc(C)on1. The summed E-state index contributed by atoms with van der Waals surface area (Å²) in [5.74, 6) is 0.938. The van der Waals surface area contributed by atoms with Crippen molar-refractivity contribution in [3.63, 3.8) is 0 Å². The van der Waals surface area contributed by atoms with Gasteiger partial charge < -0.3 is 4.52 Å². The van der Waals surface area contributed by atoms with Crippen LogP contribution in [0.2, 0.25) is 0 Å². The molecule has 0 bridgehead atoms. The monoisotopic (exact) mass is 279 g/mol. The molecule has 2 heteroatoms. The van der Waals surface area contributed by atoms with Gasteiger partial charge in [-0.1, -0.05) is 77.3 Å². The smallest absolute Gasteiger partial charge is 0.133 e. The van der Waals surface area contributed by atoms with Gasteiger partial charge in [0.15, 0.2) is 0 Å². The summed E-state index contributed by atoms with van der Waals surface area (Å²) in [7, 11) is 0. The fourth-order valence-electron chi connectivity index (χ4n) is 2.92. The molecule has 0 aliphatic carbocycles. The minimum atomic E-state index is 0.208. The number of aromatic nitrogens is 1. The van der Waals surface area contributed by atoms with E-state index >= 15 is 0 Å². The van der Waals surface area contributed by atoms with Crippen LogP contribution in [0.15, 0.2) is 10.6 Å². The number of aryl methyl sites for hydroxylation is 1. The Kier molecular flexibility index (Phi) is 7.94. The molecule has 0 saturated carbocycles. The third kappa shape index (κ3) is 5.68. The van der Waals surface area contributed by atoms with Crippen molar-refractivity contribution in [2.45, 2.75) is 97.3 Å². The Balaban J connectivity index is 2.57. The lowest BCUT2D eigenvalue weighted by Crippen LogP contribution is -2.22. The van der Waals surface area contributed by atoms with Gasteiger partial charge in [0.05, 0.1) is 5.69 Å². The van der Waals surface area contributed by atoms with Crippen molar-refractivity contribution in [3.05, 3.63) is 17.5 Å². The van der Waals surface area contributed by atoms with Gasteiger partial charge in [-0.15, -0.1) is 0 Å². The number of unbranched alkanes of at least 4 members (excludes halogenated alkanes) is 6. The number of rotatable bonds is 11. The van der Waals surface area contributed by atoms with Crippen LogP contribution in [0.3, 0.4) is 0 Å². The normalized spacial score (nSPS) is 12.0. The van der Waals surface area contributed by atoms with E-state index in [1.54, 1.807) is 0 Å². The molecular weight excluding hydrogens is 246 g/mol. The van der Waals surface area contributed by atoms with E-state index in [1.165, 1.54) is 69.9 Å². The summed E-state index contributed by atoms with van der Waals surface area (Å²) in [4.78, 5) is 0. The zero-order chi connectivity index (χ0) is 14.8. The van der Waals surface area contributed by atoms with E-state index in [2.05, 4.69) is 32.0 Å². The van der Waals surface area contributed by atoms with Crippen LogP contribution < -0.4 is 0 Å². The van der Waals surface area contributed by atoms with E-state index < -0.39 is 0 Å². The molecule has 0 aliphatic rings. The fourth-order valence-corrected chi connectivity index (χ4v) is 2.92. The highest BCUT2D eigenvalue weighted by Gasteiger charge is 2.29. The summed E-state index contributed by atoms with van der Waals surface area (Å²) < 4.78 is 5.32. The first-order valence-corrected chi connectivity index (χ1v) is 8.56. The third-order valence-corrected chi connectivity index (χ3v) is 4.41. The molecule has 0 aromatic carbocycles. The second kappa shape index (κ2) is 9.20. The molecule has 1 aromatic heterocycles. The van der Waals surface area contributed by atoms with Gasteiger partial charge in [0.25, 0.3) is 0 Å². The molecule has 0 atom stereocenters. The molecule has 0 N–H and O–H groups in total. The van der Waals surface area contributed by atoms with Crippen LogP contribution >= 0.6 is 0 Å². The Morgan fingerprint density at radius 2 is 1.50 bits per heavy atom. The molecular formula is C18H33NO. The maximum atomic E-state index is 5.32. The van der Waals surface area contributed by atoms with Gasteiger partial charge in [0, 0.05) is 11.5 Å². The van der Waals surface area contributed by atoms with E-state index in [0.717, 1.165) is 5.76 Å². The first-order valence-electron chi connectivity index (χ1n) is 8.56. The lowest BCUT2D eigenvalue weighted by molar-refractivity contribution is 0.321. The van der Waals surface area contributed by atoms with Gasteiger partial charge in [-0.2, -0.15) is 0 Å². The quantitative estimate of drug-likeness (QED) is 0.452. The second-order valence-corrected chi connectivity index (χ2v) is 6.50. The lowest BCUT2D eigenvalue weighted by Gasteiger charge is -2.27. The Morgan fingerprint density at radius 1 is 0.950 bits per heavy atom. The first-order chi connectivity index (χ1) is 9.62. The molecule has 2 nitrogen and oxygen atoms in total. The van der Waals surface area contributed by atoms with E-state index in [4.69, 9.17) is 4.52 Å². The van der Waals surface area contributed by atoms with Crippen LogP contribution in [-0.4, -0.2) is 5.16 Å². The molecule has 1 heterocycles. The summed E-state index contributed by atoms with van der Waals surface area (Å²) in [6.45, 7) is 8.91. The molecule has 20 heavy (non-hydrogen) atoms. The molecule has 0 fully saturated rings. The zero-order valence-corrected chi connectivity index (χ0v) is 14.0. The lowest BCUT2D eigenvalue weighted by atomic mass is 9.77. The molecule has 1 rings (SSSR count). The maximum Gasteiger partial charge on any atom is 0.133 e. The van der Waals surface area contributed by atoms with Crippen LogP contribution in [0.5, 0.6) is 0 Å². The minimum absolute atomic E-state index is 0.208. The maximum absolute atomic E-state index is 5.32. The van der Waals surface area contributed by atoms with Gasteiger partial charge >= 0.3 is 0 Å². The Bertz CT molecular complexity index is 344. The third-order valence-electron chi connectivity index (χ3n) is 4.41. The van der Waals surface area contributed by atoms with Gasteiger partial charge in [-0.3, -0.25) is 0 Å². The summed E-state index contributed by atoms with van der Waals surface area (Å²) in [6.07, 6.45) is 13.1. The van der Waals surface area contributed by atoms with Crippen LogP contribution in [0.1, 0.15) is 96.4 Å². The van der Waals surface area contributed by atoms with Crippen LogP contribution in [0.25, 0.3) is 0 Å². The highest BCUT2D eigenvalue weighted by atomic mass is 16.5. The van der Waals surface area contributed by atoms with Gasteiger partial charge in [0.1, 0.15) is 5.76 Å². The number of hydrogen-bond acceptors (Lipinski definition) is 2. The summed E-state index contributed by atoms with van der Waals surface area (Å²) >= 11 is 0. The summed E-state index contributed by atoms with van der Waals surface area (Å²) in [5.41, 5.74) is 1.38. The van der Waals surface area contributed by atoms with Crippen molar-refractivity contribution in [3.8, 4) is 0 Å². The summed E-state index contributed by atoms with van der Waals surface area (Å²) in [6, 6.07) is 2.14. The predicted molar refractivity (Wildman–Crippen MR) is 86.1 cm³/mol. The molecule has 0 spiro atoms. The molecule has 0 amide bonds. The van der Waals surface area contributed by atoms with E-state index in [0.29, 0.717) is 0 Å². The predicted octanol–water partition coefficient (Wildman–Crippen LogP) is 6.18. The number of nitrogens with zero attached hydrogens (tertiary/aromatic N) is 1. The standard InChI is InChI=1S/C18H33NO/c1-5-7-9-11-13-18(4,14-12-10-8-6-2)17-15-16(3)20-19-17/h15H,5-14H2,1-4H3. The Labute approximate surface area is 125 Å². The first kappa shape index (κ1) is 17.3. The Morgan fingerprint density at radius 3 is 1.90 bits per heavy atom. The molecule has 0 unspecified atom stereocenters. The second-order valence-electron chi connectivity index (χ2n) is 6.50. The average molecular weight is 279 g/mol. The van der Waals surface area contributed by atoms with E-state index in [1.807, 2.05) is 6.92 Å². The van der Waals surface area contributed by atoms with Crippen LogP contribution in [0, 0.1) is 6.92 Å². The van der Waals surface area contributed by atoms with Crippen molar-refractivity contribution in [1.82, 2.24) is 5.16 Å². The summed E-state index contributed by atoms with van der Waals surface area (Å²) in [5, 5.41) is 4.31. The minimum Gasteiger partial charge on any atom is -0.361 e. The molecule has 0 aliphatic heterocycles. The van der Waals surface area contributed by atoms with Crippen LogP contribution in [-0.2, 0) is 5.41 Å². The van der Waals surface area contributed by atoms with E-state index in [9.17, 15) is 0 Å². The van der Waals surface area contributed by atoms with Crippen molar-refractivity contribution >= 4 is 0 Å². The van der Waals surface area contributed by atoms with Crippen molar-refractivity contribution in [1.29, 1.82) is 0 Å².